The summed E-state index contributed by atoms with van der Waals surface area (Å²) >= 11 is 0. The second-order valence-corrected chi connectivity index (χ2v) is 5.86. The zero-order valence-corrected chi connectivity index (χ0v) is 11.9. The predicted molar refractivity (Wildman–Crippen MR) is 75.3 cm³/mol. The topological polar surface area (TPSA) is 99.1 Å². The van der Waals surface area contributed by atoms with Gasteiger partial charge in [0, 0.05) is 0 Å². The van der Waals surface area contributed by atoms with Crippen molar-refractivity contribution >= 4 is 15.9 Å². The summed E-state index contributed by atoms with van der Waals surface area (Å²) in [7, 11) is -4.01. The maximum atomic E-state index is 13.4. The molecule has 0 aromatic heterocycles. The minimum absolute atomic E-state index is 0.139. The number of amides is 1. The van der Waals surface area contributed by atoms with Crippen LogP contribution in [0.4, 0.5) is 4.39 Å². The monoisotopic (exact) mass is 319 g/mol. The lowest BCUT2D eigenvalue weighted by Gasteiger charge is -2.09. The highest BCUT2D eigenvalue weighted by Gasteiger charge is 2.17. The Kier molecular flexibility index (Phi) is 4.50. The second-order valence-electron chi connectivity index (χ2n) is 4.18. The van der Waals surface area contributed by atoms with E-state index in [9.17, 15) is 17.6 Å². The van der Waals surface area contributed by atoms with Gasteiger partial charge in [0.25, 0.3) is 15.9 Å². The van der Waals surface area contributed by atoms with Gasteiger partial charge in [-0.05, 0) is 36.4 Å². The molecule has 0 saturated carbocycles. The van der Waals surface area contributed by atoms with Crippen LogP contribution in [0.1, 0.15) is 15.9 Å². The van der Waals surface area contributed by atoms with Gasteiger partial charge in [-0.15, -0.1) is 4.83 Å². The van der Waals surface area contributed by atoms with E-state index in [2.05, 4.69) is 0 Å². The van der Waals surface area contributed by atoms with E-state index in [4.69, 9.17) is 5.26 Å². The van der Waals surface area contributed by atoms with Crippen molar-refractivity contribution in [1.29, 1.82) is 5.26 Å². The zero-order chi connectivity index (χ0) is 16.2. The standard InChI is InChI=1S/C14H10FN3O3S/c15-13-4-2-1-3-12(13)14(19)17-18-22(20,21)11-7-5-10(9-16)6-8-11/h1-8,18H,(H,17,19). The molecular weight excluding hydrogens is 309 g/mol. The van der Waals surface area contributed by atoms with E-state index in [-0.39, 0.29) is 10.5 Å². The fraction of sp³-hybridized carbons (Fsp3) is 0. The van der Waals surface area contributed by atoms with E-state index >= 15 is 0 Å². The summed E-state index contributed by atoms with van der Waals surface area (Å²) in [5, 5.41) is 8.65. The minimum atomic E-state index is -4.01. The molecule has 6 nitrogen and oxygen atoms in total. The summed E-state index contributed by atoms with van der Waals surface area (Å²) in [4.78, 5) is 13.4. The molecule has 0 aliphatic carbocycles. The molecule has 2 aromatic rings. The van der Waals surface area contributed by atoms with Crippen LogP contribution in [0.3, 0.4) is 0 Å². The van der Waals surface area contributed by atoms with Crippen molar-refractivity contribution in [3.05, 3.63) is 65.5 Å². The summed E-state index contributed by atoms with van der Waals surface area (Å²) in [6, 6.07) is 12.1. The molecule has 0 aliphatic rings. The molecule has 0 fully saturated rings. The number of hydrazine groups is 1. The fourth-order valence-electron chi connectivity index (χ4n) is 1.59. The Morgan fingerprint density at radius 1 is 1.09 bits per heavy atom. The molecule has 0 saturated heterocycles. The van der Waals surface area contributed by atoms with Crippen molar-refractivity contribution in [3.8, 4) is 6.07 Å². The maximum Gasteiger partial charge on any atom is 0.269 e. The quantitative estimate of drug-likeness (QED) is 0.830. The largest absolute Gasteiger partial charge is 0.273 e. The van der Waals surface area contributed by atoms with Gasteiger partial charge in [0.1, 0.15) is 5.82 Å². The number of benzene rings is 2. The van der Waals surface area contributed by atoms with Crippen LogP contribution in [0, 0.1) is 17.1 Å². The van der Waals surface area contributed by atoms with Crippen LogP contribution in [-0.2, 0) is 10.0 Å². The van der Waals surface area contributed by atoms with Gasteiger partial charge >= 0.3 is 0 Å². The first kappa shape index (κ1) is 15.6. The zero-order valence-electron chi connectivity index (χ0n) is 11.1. The van der Waals surface area contributed by atoms with Crippen molar-refractivity contribution in [2.24, 2.45) is 0 Å². The number of carbonyl (C=O) groups excluding carboxylic acids is 1. The summed E-state index contributed by atoms with van der Waals surface area (Å²) < 4.78 is 37.3. The first-order valence-corrected chi connectivity index (χ1v) is 7.49. The summed E-state index contributed by atoms with van der Waals surface area (Å²) in [5.41, 5.74) is 1.94. The molecule has 112 valence electrons. The smallest absolute Gasteiger partial charge is 0.269 e. The number of sulfonamides is 1. The van der Waals surface area contributed by atoms with Crippen LogP contribution in [0.25, 0.3) is 0 Å². The van der Waals surface area contributed by atoms with Crippen LogP contribution in [0.5, 0.6) is 0 Å². The highest BCUT2D eigenvalue weighted by molar-refractivity contribution is 7.89. The SMILES string of the molecule is N#Cc1ccc(S(=O)(=O)NNC(=O)c2ccccc2F)cc1. The van der Waals surface area contributed by atoms with Gasteiger partial charge in [0.05, 0.1) is 22.1 Å². The molecular formula is C14H10FN3O3S. The molecule has 8 heteroatoms. The lowest BCUT2D eigenvalue weighted by Crippen LogP contribution is -2.41. The number of nitriles is 1. The number of nitrogens with one attached hydrogen (secondary N) is 2. The van der Waals surface area contributed by atoms with Crippen molar-refractivity contribution in [1.82, 2.24) is 10.3 Å². The third kappa shape index (κ3) is 3.46. The molecule has 0 radical (unpaired) electrons. The summed E-state index contributed by atoms with van der Waals surface area (Å²) in [6.45, 7) is 0. The molecule has 0 heterocycles. The molecule has 2 aromatic carbocycles. The van der Waals surface area contributed by atoms with Crippen molar-refractivity contribution in [2.45, 2.75) is 4.90 Å². The van der Waals surface area contributed by atoms with Gasteiger partial charge in [-0.1, -0.05) is 12.1 Å². The van der Waals surface area contributed by atoms with Crippen LogP contribution in [0.15, 0.2) is 53.4 Å². The third-order valence-corrected chi connectivity index (χ3v) is 3.97. The average molecular weight is 319 g/mol. The summed E-state index contributed by atoms with van der Waals surface area (Å²) in [5.74, 6) is -1.69. The Balaban J connectivity index is 2.11. The van der Waals surface area contributed by atoms with Crippen LogP contribution >= 0.6 is 0 Å². The highest BCUT2D eigenvalue weighted by Crippen LogP contribution is 2.10. The second kappa shape index (κ2) is 6.34. The molecule has 0 aliphatic heterocycles. The average Bonchev–Trinajstić information content (AvgIpc) is 2.53. The van der Waals surface area contributed by atoms with Gasteiger partial charge in [0.15, 0.2) is 0 Å². The first-order chi connectivity index (χ1) is 10.4. The molecule has 2 N–H and O–H groups in total. The van der Waals surface area contributed by atoms with Crippen molar-refractivity contribution in [3.63, 3.8) is 0 Å². The lowest BCUT2D eigenvalue weighted by molar-refractivity contribution is 0.0941. The van der Waals surface area contributed by atoms with Crippen molar-refractivity contribution < 1.29 is 17.6 Å². The Morgan fingerprint density at radius 2 is 1.73 bits per heavy atom. The van der Waals surface area contributed by atoms with Crippen molar-refractivity contribution in [2.75, 3.05) is 0 Å². The minimum Gasteiger partial charge on any atom is -0.273 e. The first-order valence-electron chi connectivity index (χ1n) is 6.01. The number of hydrogen-bond donors (Lipinski definition) is 2. The van der Waals surface area contributed by atoms with E-state index in [1.54, 1.807) is 0 Å². The molecule has 0 spiro atoms. The lowest BCUT2D eigenvalue weighted by atomic mass is 10.2. The molecule has 22 heavy (non-hydrogen) atoms. The Labute approximate surface area is 126 Å². The van der Waals surface area contributed by atoms with E-state index in [1.165, 1.54) is 42.5 Å². The van der Waals surface area contributed by atoms with Gasteiger partial charge < -0.3 is 0 Å². The van der Waals surface area contributed by atoms with Gasteiger partial charge in [0.2, 0.25) is 0 Å². The predicted octanol–water partition coefficient (Wildman–Crippen LogP) is 1.32. The molecule has 0 bridgehead atoms. The number of nitrogens with zero attached hydrogens (tertiary/aromatic N) is 1. The maximum absolute atomic E-state index is 13.4. The van der Waals surface area contributed by atoms with E-state index in [0.717, 1.165) is 6.07 Å². The number of halogens is 1. The van der Waals surface area contributed by atoms with Gasteiger partial charge in [-0.3, -0.25) is 10.2 Å². The van der Waals surface area contributed by atoms with Crippen LogP contribution < -0.4 is 10.3 Å². The van der Waals surface area contributed by atoms with Gasteiger partial charge in [-0.2, -0.15) is 5.26 Å². The molecule has 0 atom stereocenters. The highest BCUT2D eigenvalue weighted by atomic mass is 32.2. The molecule has 1 amide bonds. The Bertz CT molecular complexity index is 842. The normalized spacial score (nSPS) is 10.7. The Hall–Kier alpha value is -2.76. The van der Waals surface area contributed by atoms with E-state index in [0.29, 0.717) is 5.56 Å². The summed E-state index contributed by atoms with van der Waals surface area (Å²) in [6.07, 6.45) is 0. The Morgan fingerprint density at radius 3 is 2.32 bits per heavy atom. The fourth-order valence-corrected chi connectivity index (χ4v) is 2.43. The number of hydrogen-bond acceptors (Lipinski definition) is 4. The van der Waals surface area contributed by atoms with E-state index in [1.807, 2.05) is 16.3 Å². The third-order valence-electron chi connectivity index (χ3n) is 2.71. The van der Waals surface area contributed by atoms with Crippen LogP contribution in [-0.4, -0.2) is 14.3 Å². The number of rotatable bonds is 4. The van der Waals surface area contributed by atoms with Gasteiger partial charge in [-0.25, -0.2) is 12.8 Å². The molecule has 2 rings (SSSR count). The van der Waals surface area contributed by atoms with Crippen LogP contribution in [0.2, 0.25) is 0 Å². The van der Waals surface area contributed by atoms with E-state index < -0.39 is 21.7 Å². The molecule has 0 unspecified atom stereocenters. The number of carbonyl (C=O) groups is 1.